The van der Waals surface area contributed by atoms with Crippen LogP contribution in [0.25, 0.3) is 0 Å². The molecule has 0 fully saturated rings. The van der Waals surface area contributed by atoms with Gasteiger partial charge in [0.05, 0.1) is 23.9 Å². The topological polar surface area (TPSA) is 189 Å². The molecule has 0 aliphatic carbocycles. The summed E-state index contributed by atoms with van der Waals surface area (Å²) in [5, 5.41) is 8.86. The fourth-order valence-corrected chi connectivity index (χ4v) is 9.85. The summed E-state index contributed by atoms with van der Waals surface area (Å²) in [6, 6.07) is 36.5. The van der Waals surface area contributed by atoms with Crippen LogP contribution >= 0.6 is 11.8 Å². The van der Waals surface area contributed by atoms with Crippen molar-refractivity contribution in [3.8, 4) is 0 Å². The summed E-state index contributed by atoms with van der Waals surface area (Å²) in [5.74, 6) is -4.17. The highest BCUT2D eigenvalue weighted by Crippen LogP contribution is 2.48. The lowest BCUT2D eigenvalue weighted by Gasteiger charge is -2.36. The van der Waals surface area contributed by atoms with Crippen molar-refractivity contribution in [1.82, 2.24) is 20.9 Å². The largest absolute Gasteiger partial charge is 0.467 e. The SMILES string of the molecule is CC[C@H](CC(=O)[C@@H](NC(=O)[C@H](CCCNC(N)=NC)CC(=O)[C@H](CSC(c1ccccc1)(c1ccccc1)c1ccccc1)NC(C)=O)C(C)C)C(=O)N(C)[C@@H](Cc1ccccc1)C(=O)OC. The maximum Gasteiger partial charge on any atom is 0.328 e. The van der Waals surface area contributed by atoms with Crippen molar-refractivity contribution in [1.29, 1.82) is 0 Å². The predicted octanol–water partition coefficient (Wildman–Crippen LogP) is 6.48. The van der Waals surface area contributed by atoms with Gasteiger partial charge < -0.3 is 31.3 Å². The fraction of sp³-hybridized carbons (Fsp3) is 0.415. The van der Waals surface area contributed by atoms with Crippen molar-refractivity contribution in [2.24, 2.45) is 28.5 Å². The summed E-state index contributed by atoms with van der Waals surface area (Å²) in [5.41, 5.74) is 9.70. The third-order valence-electron chi connectivity index (χ3n) is 12.0. The molecule has 0 saturated carbocycles. The Kier molecular flexibility index (Phi) is 21.3. The van der Waals surface area contributed by atoms with Crippen LogP contribution in [0.4, 0.5) is 0 Å². The predicted molar refractivity (Wildman–Crippen MR) is 266 cm³/mol. The molecule has 5 N–H and O–H groups in total. The highest BCUT2D eigenvalue weighted by Gasteiger charge is 2.40. The molecule has 4 rings (SSSR count). The van der Waals surface area contributed by atoms with E-state index >= 15 is 0 Å². The molecule has 0 aromatic heterocycles. The van der Waals surface area contributed by atoms with E-state index in [1.165, 1.54) is 37.7 Å². The molecule has 67 heavy (non-hydrogen) atoms. The van der Waals surface area contributed by atoms with Gasteiger partial charge in [-0.2, -0.15) is 0 Å². The first-order valence-corrected chi connectivity index (χ1v) is 23.9. The number of nitrogens with one attached hydrogen (secondary N) is 3. The molecule has 358 valence electrons. The van der Waals surface area contributed by atoms with Crippen LogP contribution < -0.4 is 21.7 Å². The van der Waals surface area contributed by atoms with Crippen LogP contribution in [0.1, 0.15) is 82.1 Å². The molecule has 0 unspecified atom stereocenters. The summed E-state index contributed by atoms with van der Waals surface area (Å²) >= 11 is 1.53. The number of ketones is 2. The number of nitrogens with two attached hydrogens (primary N) is 1. The average molecular weight is 933 g/mol. The minimum Gasteiger partial charge on any atom is -0.467 e. The maximum absolute atomic E-state index is 14.6. The average Bonchev–Trinajstić information content (AvgIpc) is 3.34. The number of rotatable bonds is 26. The van der Waals surface area contributed by atoms with E-state index in [0.717, 1.165) is 22.3 Å². The zero-order valence-electron chi connectivity index (χ0n) is 39.9. The summed E-state index contributed by atoms with van der Waals surface area (Å²) in [6.07, 6.45) is 0.819. The van der Waals surface area contributed by atoms with Gasteiger partial charge in [-0.1, -0.05) is 142 Å². The first-order valence-electron chi connectivity index (χ1n) is 22.9. The Morgan fingerprint density at radius 1 is 0.761 bits per heavy atom. The number of thioether (sulfide) groups is 1. The van der Waals surface area contributed by atoms with Crippen molar-refractivity contribution in [2.75, 3.05) is 33.5 Å². The van der Waals surface area contributed by atoms with E-state index in [1.807, 2.05) is 98.8 Å². The lowest BCUT2D eigenvalue weighted by Crippen LogP contribution is -2.50. The zero-order chi connectivity index (χ0) is 48.9. The lowest BCUT2D eigenvalue weighted by molar-refractivity contribution is -0.153. The number of ether oxygens (including phenoxy) is 1. The van der Waals surface area contributed by atoms with Gasteiger partial charge in [-0.25, -0.2) is 4.79 Å². The van der Waals surface area contributed by atoms with Crippen molar-refractivity contribution >= 4 is 53.0 Å². The number of benzene rings is 4. The Hall–Kier alpha value is -6.28. The number of nitrogens with zero attached hydrogens (tertiary/aromatic N) is 2. The molecule has 0 bridgehead atoms. The molecule has 0 aliphatic heterocycles. The van der Waals surface area contributed by atoms with Gasteiger partial charge in [0.1, 0.15) is 6.04 Å². The number of carbonyl (C=O) groups excluding carboxylic acids is 6. The van der Waals surface area contributed by atoms with E-state index in [0.29, 0.717) is 19.4 Å². The van der Waals surface area contributed by atoms with Crippen LogP contribution in [-0.2, 0) is 44.7 Å². The van der Waals surface area contributed by atoms with Crippen molar-refractivity contribution in [3.63, 3.8) is 0 Å². The molecule has 13 nitrogen and oxygen atoms in total. The molecule has 0 radical (unpaired) electrons. The van der Waals surface area contributed by atoms with E-state index in [2.05, 4.69) is 57.3 Å². The Bertz CT molecular complexity index is 2150. The van der Waals surface area contributed by atoms with Crippen LogP contribution in [-0.4, -0.2) is 97.7 Å². The van der Waals surface area contributed by atoms with Gasteiger partial charge in [-0.3, -0.25) is 29.0 Å². The number of Topliss-reactive ketones (excluding diaryl/α,β-unsaturated/α-hetero) is 2. The molecule has 14 heteroatoms. The zero-order valence-corrected chi connectivity index (χ0v) is 40.7. The Balaban J connectivity index is 1.60. The number of amides is 3. The smallest absolute Gasteiger partial charge is 0.328 e. The van der Waals surface area contributed by atoms with E-state index in [4.69, 9.17) is 10.5 Å². The molecule has 0 saturated heterocycles. The van der Waals surface area contributed by atoms with Crippen LogP contribution in [0.2, 0.25) is 0 Å². The van der Waals surface area contributed by atoms with Crippen molar-refractivity contribution in [2.45, 2.75) is 89.1 Å². The molecule has 3 amide bonds. The molecular formula is C53H68N6O7S. The van der Waals surface area contributed by atoms with Crippen molar-refractivity contribution < 1.29 is 33.5 Å². The molecule has 5 atom stereocenters. The number of methoxy groups -OCH3 is 1. The number of hydrogen-bond donors (Lipinski definition) is 4. The van der Waals surface area contributed by atoms with E-state index in [-0.39, 0.29) is 60.8 Å². The summed E-state index contributed by atoms with van der Waals surface area (Å²) in [6.45, 7) is 7.16. The molecular weight excluding hydrogens is 865 g/mol. The van der Waals surface area contributed by atoms with Crippen molar-refractivity contribution in [3.05, 3.63) is 144 Å². The number of hydrogen-bond acceptors (Lipinski definition) is 9. The number of likely N-dealkylation sites (N-methyl/N-ethyl adjacent to an activating group) is 1. The van der Waals surface area contributed by atoms with Crippen LogP contribution in [0.3, 0.4) is 0 Å². The third-order valence-corrected chi connectivity index (χ3v) is 13.7. The second-order valence-corrected chi connectivity index (χ2v) is 18.3. The van der Waals surface area contributed by atoms with Crippen LogP contribution in [0, 0.1) is 17.8 Å². The third kappa shape index (κ3) is 15.1. The molecule has 4 aromatic rings. The summed E-state index contributed by atoms with van der Waals surface area (Å²) in [4.78, 5) is 88.4. The standard InChI is InChI=1S/C53H68N6O7S/c1-8-39(50(64)59(6)45(51(65)66-7)32-38-22-13-9-14-23-38)33-47(62)48(36(2)3)58-49(63)40(24-21-31-56-52(54)55-5)34-46(61)44(57-37(4)60)35-67-53(41-25-15-10-16-26-41,42-27-17-11-18-28-42)43-29-19-12-20-30-43/h9-20,22-23,25-30,36,39-40,44-45,48H,8,21,24,31-35H2,1-7H3,(H,57,60)(H,58,63)(H3,54,55,56)/t39-,40-,44+,45+,48+/m1/s1. The summed E-state index contributed by atoms with van der Waals surface area (Å²) in [7, 11) is 4.37. The van der Waals surface area contributed by atoms with Gasteiger partial charge in [0.15, 0.2) is 17.5 Å². The second kappa shape index (κ2) is 26.8. The van der Waals surface area contributed by atoms with Gasteiger partial charge in [0.2, 0.25) is 17.7 Å². The van der Waals surface area contributed by atoms with Gasteiger partial charge in [-0.15, -0.1) is 11.8 Å². The lowest BCUT2D eigenvalue weighted by atomic mass is 9.84. The first-order chi connectivity index (χ1) is 32.2. The Morgan fingerprint density at radius 3 is 1.73 bits per heavy atom. The van der Waals surface area contributed by atoms with Gasteiger partial charge in [0.25, 0.3) is 0 Å². The Labute approximate surface area is 400 Å². The maximum atomic E-state index is 14.6. The van der Waals surface area contributed by atoms with Gasteiger partial charge in [0, 0.05) is 64.4 Å². The number of carbonyl (C=O) groups is 6. The molecule has 0 heterocycles. The van der Waals surface area contributed by atoms with E-state index in [9.17, 15) is 28.8 Å². The van der Waals surface area contributed by atoms with E-state index in [1.54, 1.807) is 14.0 Å². The van der Waals surface area contributed by atoms with Crippen LogP contribution in [0.15, 0.2) is 126 Å². The number of aliphatic imine (C=N–C) groups is 1. The highest BCUT2D eigenvalue weighted by molar-refractivity contribution is 8.00. The quantitative estimate of drug-likeness (QED) is 0.0179. The number of esters is 1. The normalized spacial score (nSPS) is 13.9. The van der Waals surface area contributed by atoms with Gasteiger partial charge in [-0.05, 0) is 47.4 Å². The van der Waals surface area contributed by atoms with E-state index < -0.39 is 52.5 Å². The molecule has 0 aliphatic rings. The highest BCUT2D eigenvalue weighted by atomic mass is 32.2. The monoisotopic (exact) mass is 932 g/mol. The number of guanidine groups is 1. The summed E-state index contributed by atoms with van der Waals surface area (Å²) < 4.78 is 4.30. The minimum atomic E-state index is -0.982. The second-order valence-electron chi connectivity index (χ2n) is 17.1. The molecule has 4 aromatic carbocycles. The van der Waals surface area contributed by atoms with Crippen LogP contribution in [0.5, 0.6) is 0 Å². The fourth-order valence-electron chi connectivity index (χ4n) is 8.25. The molecule has 0 spiro atoms. The first kappa shape index (κ1) is 53.3. The van der Waals surface area contributed by atoms with Gasteiger partial charge >= 0.3 is 5.97 Å². The Morgan fingerprint density at radius 2 is 1.27 bits per heavy atom. The minimum absolute atomic E-state index is 0.173.